The normalized spacial score (nSPS) is 28.4. The molecule has 17 heavy (non-hydrogen) atoms. The number of rotatable bonds is 3. The lowest BCUT2D eigenvalue weighted by molar-refractivity contribution is -0.131. The molecule has 2 rings (SSSR count). The lowest BCUT2D eigenvalue weighted by Gasteiger charge is -2.25. The SMILES string of the molecule is CC(O)C1CCN(C(=O)CC2CCNCC2)C1. The number of likely N-dealkylation sites (tertiary alicyclic amines) is 1. The minimum atomic E-state index is -0.285. The molecule has 2 N–H and O–H groups in total. The van der Waals surface area contributed by atoms with Crippen LogP contribution < -0.4 is 5.32 Å². The third-order valence-corrected chi connectivity index (χ3v) is 4.18. The van der Waals surface area contributed by atoms with Gasteiger partial charge in [-0.3, -0.25) is 4.79 Å². The molecule has 2 aliphatic rings. The number of amides is 1. The third kappa shape index (κ3) is 3.42. The second-order valence-corrected chi connectivity index (χ2v) is 5.53. The van der Waals surface area contributed by atoms with Crippen LogP contribution in [0.2, 0.25) is 0 Å². The van der Waals surface area contributed by atoms with Crippen LogP contribution in [0, 0.1) is 11.8 Å². The maximum absolute atomic E-state index is 12.1. The van der Waals surface area contributed by atoms with Gasteiger partial charge in [-0.25, -0.2) is 0 Å². The van der Waals surface area contributed by atoms with E-state index in [0.29, 0.717) is 18.2 Å². The van der Waals surface area contributed by atoms with Crippen LogP contribution in [0.4, 0.5) is 0 Å². The van der Waals surface area contributed by atoms with Crippen molar-refractivity contribution in [3.8, 4) is 0 Å². The average Bonchev–Trinajstić information content (AvgIpc) is 2.79. The summed E-state index contributed by atoms with van der Waals surface area (Å²) in [7, 11) is 0. The standard InChI is InChI=1S/C13H24N2O2/c1-10(16)12-4-7-15(9-12)13(17)8-11-2-5-14-6-3-11/h10-12,14,16H,2-9H2,1H3. The van der Waals surface area contributed by atoms with Crippen LogP contribution in [0.15, 0.2) is 0 Å². The first kappa shape index (κ1) is 12.8. The molecule has 0 aromatic heterocycles. The van der Waals surface area contributed by atoms with Gasteiger partial charge in [-0.2, -0.15) is 0 Å². The predicted octanol–water partition coefficient (Wildman–Crippen LogP) is 0.605. The number of hydrogen-bond acceptors (Lipinski definition) is 3. The largest absolute Gasteiger partial charge is 0.393 e. The van der Waals surface area contributed by atoms with Gasteiger partial charge in [0.05, 0.1) is 6.10 Å². The van der Waals surface area contributed by atoms with E-state index in [4.69, 9.17) is 0 Å². The number of hydrogen-bond donors (Lipinski definition) is 2. The molecule has 2 fully saturated rings. The number of carbonyl (C=O) groups excluding carboxylic acids is 1. The van der Waals surface area contributed by atoms with Crippen LogP contribution in [0.1, 0.15) is 32.6 Å². The molecule has 2 aliphatic heterocycles. The van der Waals surface area contributed by atoms with Crippen molar-refractivity contribution in [2.75, 3.05) is 26.2 Å². The Morgan fingerprint density at radius 2 is 2.12 bits per heavy atom. The molecule has 0 saturated carbocycles. The number of aliphatic hydroxyl groups excluding tert-OH is 1. The lowest BCUT2D eigenvalue weighted by Crippen LogP contribution is -2.34. The van der Waals surface area contributed by atoms with Crippen molar-refractivity contribution in [1.82, 2.24) is 10.2 Å². The number of carbonyl (C=O) groups is 1. The summed E-state index contributed by atoms with van der Waals surface area (Å²) in [6, 6.07) is 0. The van der Waals surface area contributed by atoms with Crippen LogP contribution in [0.25, 0.3) is 0 Å². The van der Waals surface area contributed by atoms with Gasteiger partial charge in [0.15, 0.2) is 0 Å². The quantitative estimate of drug-likeness (QED) is 0.760. The van der Waals surface area contributed by atoms with Crippen LogP contribution >= 0.6 is 0 Å². The van der Waals surface area contributed by atoms with Gasteiger partial charge in [-0.15, -0.1) is 0 Å². The number of nitrogens with zero attached hydrogens (tertiary/aromatic N) is 1. The lowest BCUT2D eigenvalue weighted by atomic mass is 9.94. The molecule has 4 nitrogen and oxygen atoms in total. The molecule has 0 aliphatic carbocycles. The van der Waals surface area contributed by atoms with Gasteiger partial charge in [-0.1, -0.05) is 0 Å². The zero-order valence-corrected chi connectivity index (χ0v) is 10.7. The van der Waals surface area contributed by atoms with E-state index in [2.05, 4.69) is 5.32 Å². The number of nitrogens with one attached hydrogen (secondary N) is 1. The fourth-order valence-corrected chi connectivity index (χ4v) is 2.87. The summed E-state index contributed by atoms with van der Waals surface area (Å²) in [5.41, 5.74) is 0. The molecule has 2 unspecified atom stereocenters. The minimum Gasteiger partial charge on any atom is -0.393 e. The molecule has 2 saturated heterocycles. The molecule has 0 spiro atoms. The maximum Gasteiger partial charge on any atom is 0.222 e. The minimum absolute atomic E-state index is 0.284. The molecular weight excluding hydrogens is 216 g/mol. The Morgan fingerprint density at radius 1 is 1.41 bits per heavy atom. The summed E-state index contributed by atoms with van der Waals surface area (Å²) in [4.78, 5) is 14.0. The van der Waals surface area contributed by atoms with Gasteiger partial charge < -0.3 is 15.3 Å². The monoisotopic (exact) mass is 240 g/mol. The molecule has 1 amide bonds. The van der Waals surface area contributed by atoms with Crippen LogP contribution in [0.5, 0.6) is 0 Å². The van der Waals surface area contributed by atoms with E-state index in [0.717, 1.165) is 45.4 Å². The van der Waals surface area contributed by atoms with Gasteiger partial charge in [0, 0.05) is 25.4 Å². The molecule has 98 valence electrons. The van der Waals surface area contributed by atoms with Crippen molar-refractivity contribution in [1.29, 1.82) is 0 Å². The fraction of sp³-hybridized carbons (Fsp3) is 0.923. The molecule has 2 heterocycles. The van der Waals surface area contributed by atoms with E-state index in [1.165, 1.54) is 0 Å². The van der Waals surface area contributed by atoms with E-state index >= 15 is 0 Å². The fourth-order valence-electron chi connectivity index (χ4n) is 2.87. The Morgan fingerprint density at radius 3 is 2.71 bits per heavy atom. The Kier molecular flexibility index (Phi) is 4.40. The zero-order chi connectivity index (χ0) is 12.3. The van der Waals surface area contributed by atoms with Crippen LogP contribution in [-0.2, 0) is 4.79 Å². The molecule has 4 heteroatoms. The van der Waals surface area contributed by atoms with Gasteiger partial charge in [0.2, 0.25) is 5.91 Å². The van der Waals surface area contributed by atoms with E-state index in [1.54, 1.807) is 0 Å². The highest BCUT2D eigenvalue weighted by Gasteiger charge is 2.30. The second kappa shape index (κ2) is 5.83. The van der Waals surface area contributed by atoms with Crippen molar-refractivity contribution < 1.29 is 9.90 Å². The van der Waals surface area contributed by atoms with Gasteiger partial charge in [-0.05, 0) is 45.2 Å². The summed E-state index contributed by atoms with van der Waals surface area (Å²) in [6.45, 7) is 5.51. The van der Waals surface area contributed by atoms with E-state index < -0.39 is 0 Å². The topological polar surface area (TPSA) is 52.6 Å². The summed E-state index contributed by atoms with van der Waals surface area (Å²) in [5, 5.41) is 12.8. The molecule has 0 radical (unpaired) electrons. The predicted molar refractivity (Wildman–Crippen MR) is 66.6 cm³/mol. The first-order valence-electron chi connectivity index (χ1n) is 6.83. The number of aliphatic hydroxyl groups is 1. The van der Waals surface area contributed by atoms with E-state index in [9.17, 15) is 9.90 Å². The summed E-state index contributed by atoms with van der Waals surface area (Å²) < 4.78 is 0. The van der Waals surface area contributed by atoms with Crippen LogP contribution in [-0.4, -0.2) is 48.2 Å². The first-order chi connectivity index (χ1) is 8.16. The Hall–Kier alpha value is -0.610. The van der Waals surface area contributed by atoms with Crippen LogP contribution in [0.3, 0.4) is 0 Å². The maximum atomic E-state index is 12.1. The van der Waals surface area contributed by atoms with Crippen molar-refractivity contribution in [2.45, 2.75) is 38.7 Å². The molecule has 0 bridgehead atoms. The van der Waals surface area contributed by atoms with E-state index in [1.807, 2.05) is 11.8 Å². The molecule has 0 aromatic rings. The summed E-state index contributed by atoms with van der Waals surface area (Å²) >= 11 is 0. The third-order valence-electron chi connectivity index (χ3n) is 4.18. The summed E-state index contributed by atoms with van der Waals surface area (Å²) in [6.07, 6.45) is 3.62. The van der Waals surface area contributed by atoms with Crippen molar-refractivity contribution >= 4 is 5.91 Å². The smallest absolute Gasteiger partial charge is 0.222 e. The highest BCUT2D eigenvalue weighted by Crippen LogP contribution is 2.23. The van der Waals surface area contributed by atoms with Gasteiger partial charge in [0.25, 0.3) is 0 Å². The highest BCUT2D eigenvalue weighted by atomic mass is 16.3. The van der Waals surface area contributed by atoms with Crippen molar-refractivity contribution in [3.63, 3.8) is 0 Å². The number of piperidine rings is 1. The highest BCUT2D eigenvalue weighted by molar-refractivity contribution is 5.76. The van der Waals surface area contributed by atoms with Crippen molar-refractivity contribution in [2.24, 2.45) is 11.8 Å². The molecule has 0 aromatic carbocycles. The van der Waals surface area contributed by atoms with Gasteiger partial charge in [0.1, 0.15) is 0 Å². The zero-order valence-electron chi connectivity index (χ0n) is 10.7. The Bertz CT molecular complexity index is 262. The van der Waals surface area contributed by atoms with Gasteiger partial charge >= 0.3 is 0 Å². The molecular formula is C13H24N2O2. The summed E-state index contributed by atoms with van der Waals surface area (Å²) in [5.74, 6) is 1.14. The molecule has 2 atom stereocenters. The Balaban J connectivity index is 1.76. The average molecular weight is 240 g/mol. The Labute approximate surface area is 103 Å². The first-order valence-corrected chi connectivity index (χ1v) is 6.83. The van der Waals surface area contributed by atoms with Crippen molar-refractivity contribution in [3.05, 3.63) is 0 Å². The van der Waals surface area contributed by atoms with E-state index in [-0.39, 0.29) is 12.0 Å². The second-order valence-electron chi connectivity index (χ2n) is 5.53.